The van der Waals surface area contributed by atoms with Crippen LogP contribution in [-0.2, 0) is 16.3 Å². The summed E-state index contributed by atoms with van der Waals surface area (Å²) >= 11 is 4.57. The lowest BCUT2D eigenvalue weighted by Gasteiger charge is -2.35. The molecule has 0 nitrogen and oxygen atoms in total. The first-order valence-electron chi connectivity index (χ1n) is 8.57. The fourth-order valence-electron chi connectivity index (χ4n) is 4.29. The van der Waals surface area contributed by atoms with Crippen LogP contribution in [0.25, 0.3) is 0 Å². The Balaban J connectivity index is 1.57. The summed E-state index contributed by atoms with van der Waals surface area (Å²) in [4.78, 5) is 1.66. The number of benzene rings is 1. The minimum Gasteiger partial charge on any atom is -0.143 e. The third-order valence-corrected chi connectivity index (χ3v) is 12.0. The van der Waals surface area contributed by atoms with Crippen LogP contribution in [0.15, 0.2) is 29.2 Å². The first kappa shape index (κ1) is 15.8. The van der Waals surface area contributed by atoms with E-state index in [1.165, 1.54) is 42.8 Å². The van der Waals surface area contributed by atoms with Gasteiger partial charge < -0.3 is 0 Å². The molecule has 3 fully saturated rings. The molecule has 2 atom stereocenters. The molecule has 3 aliphatic rings. The Morgan fingerprint density at radius 1 is 0.955 bits per heavy atom. The van der Waals surface area contributed by atoms with Gasteiger partial charge in [0.05, 0.1) is 4.08 Å². The molecular formula is C19H27S3+. The van der Waals surface area contributed by atoms with Crippen LogP contribution >= 0.6 is 23.5 Å². The molecule has 3 heteroatoms. The lowest BCUT2D eigenvalue weighted by molar-refractivity contribution is 0.589. The summed E-state index contributed by atoms with van der Waals surface area (Å²) in [6.45, 7) is 6.94. The van der Waals surface area contributed by atoms with Gasteiger partial charge in [-0.25, -0.2) is 0 Å². The first-order chi connectivity index (χ1) is 10.5. The first-order valence-corrected chi connectivity index (χ1v) is 11.9. The van der Waals surface area contributed by atoms with Crippen molar-refractivity contribution in [3.63, 3.8) is 0 Å². The van der Waals surface area contributed by atoms with Gasteiger partial charge in [0.15, 0.2) is 4.90 Å². The standard InChI is InChI=1S/C19H27S3/c1-18(2,3)14-4-6-15(7-5-14)22-16-8-9-17(22)13-19(12-16)20-10-11-21-19/h4-7,16-17H,8-13H2,1-3H3/q+1. The Labute approximate surface area is 146 Å². The molecule has 0 N–H and O–H groups in total. The lowest BCUT2D eigenvalue weighted by atomic mass is 9.87. The van der Waals surface area contributed by atoms with Crippen molar-refractivity contribution in [3.8, 4) is 0 Å². The van der Waals surface area contributed by atoms with Crippen LogP contribution in [-0.4, -0.2) is 26.1 Å². The molecule has 1 aromatic rings. The highest BCUT2D eigenvalue weighted by atomic mass is 32.2. The minimum absolute atomic E-state index is 0.272. The summed E-state index contributed by atoms with van der Waals surface area (Å²) < 4.78 is 0.612. The second-order valence-electron chi connectivity index (χ2n) is 7.98. The van der Waals surface area contributed by atoms with Crippen molar-refractivity contribution < 1.29 is 0 Å². The molecule has 0 aromatic heterocycles. The van der Waals surface area contributed by atoms with Crippen molar-refractivity contribution in [3.05, 3.63) is 29.8 Å². The molecule has 0 amide bonds. The molecule has 3 heterocycles. The Bertz CT molecular complexity index is 521. The zero-order valence-electron chi connectivity index (χ0n) is 13.9. The molecule has 0 radical (unpaired) electrons. The number of rotatable bonds is 1. The molecule has 4 rings (SSSR count). The number of hydrogen-bond acceptors (Lipinski definition) is 2. The monoisotopic (exact) mass is 351 g/mol. The van der Waals surface area contributed by atoms with Gasteiger partial charge in [-0.05, 0) is 23.1 Å². The second kappa shape index (κ2) is 5.67. The van der Waals surface area contributed by atoms with E-state index in [-0.39, 0.29) is 5.41 Å². The van der Waals surface area contributed by atoms with Crippen molar-refractivity contribution in [1.29, 1.82) is 0 Å². The van der Waals surface area contributed by atoms with Crippen molar-refractivity contribution in [2.24, 2.45) is 0 Å². The summed E-state index contributed by atoms with van der Waals surface area (Å²) in [6.07, 6.45) is 5.92. The molecule has 0 aliphatic carbocycles. The maximum Gasteiger partial charge on any atom is 0.155 e. The van der Waals surface area contributed by atoms with Crippen LogP contribution in [0.1, 0.15) is 52.0 Å². The fourth-order valence-corrected chi connectivity index (χ4v) is 11.7. The van der Waals surface area contributed by atoms with E-state index in [1.807, 2.05) is 0 Å². The summed E-state index contributed by atoms with van der Waals surface area (Å²) in [5, 5.41) is 1.94. The molecule has 2 unspecified atom stereocenters. The maximum absolute atomic E-state index is 2.46. The van der Waals surface area contributed by atoms with Gasteiger partial charge in [-0.3, -0.25) is 0 Å². The van der Waals surface area contributed by atoms with Crippen LogP contribution in [0.4, 0.5) is 0 Å². The van der Waals surface area contributed by atoms with Crippen molar-refractivity contribution in [2.75, 3.05) is 11.5 Å². The van der Waals surface area contributed by atoms with Crippen LogP contribution < -0.4 is 0 Å². The van der Waals surface area contributed by atoms with Gasteiger partial charge >= 0.3 is 0 Å². The molecule has 1 aromatic carbocycles. The van der Waals surface area contributed by atoms with Gasteiger partial charge in [0.2, 0.25) is 0 Å². The molecule has 0 saturated carbocycles. The zero-order valence-corrected chi connectivity index (χ0v) is 16.4. The van der Waals surface area contributed by atoms with E-state index >= 15 is 0 Å². The fraction of sp³-hybridized carbons (Fsp3) is 0.684. The highest BCUT2D eigenvalue weighted by molar-refractivity contribution is 8.21. The Morgan fingerprint density at radius 2 is 1.50 bits per heavy atom. The average Bonchev–Trinajstić information content (AvgIpc) is 3.02. The van der Waals surface area contributed by atoms with Crippen LogP contribution in [0.2, 0.25) is 0 Å². The molecule has 2 bridgehead atoms. The Morgan fingerprint density at radius 3 is 2.00 bits per heavy atom. The third kappa shape index (κ3) is 2.75. The van der Waals surface area contributed by atoms with Crippen molar-refractivity contribution in [2.45, 2.75) is 71.3 Å². The summed E-state index contributed by atoms with van der Waals surface area (Å²) in [5.41, 5.74) is 1.75. The number of fused-ring (bicyclic) bond motifs is 2. The highest BCUT2D eigenvalue weighted by Crippen LogP contribution is 2.59. The minimum atomic E-state index is 0.272. The highest BCUT2D eigenvalue weighted by Gasteiger charge is 2.58. The summed E-state index contributed by atoms with van der Waals surface area (Å²) in [6, 6.07) is 9.71. The predicted octanol–water partition coefficient (Wildman–Crippen LogP) is 5.46. The van der Waals surface area contributed by atoms with Gasteiger partial charge in [-0.2, -0.15) is 0 Å². The second-order valence-corrected chi connectivity index (χ2v) is 13.7. The van der Waals surface area contributed by atoms with E-state index in [0.29, 0.717) is 15.0 Å². The van der Waals surface area contributed by atoms with Gasteiger partial charge in [0, 0.05) is 48.1 Å². The third-order valence-electron chi connectivity index (χ3n) is 5.41. The smallest absolute Gasteiger partial charge is 0.143 e. The van der Waals surface area contributed by atoms with Crippen molar-refractivity contribution in [1.82, 2.24) is 0 Å². The van der Waals surface area contributed by atoms with Gasteiger partial charge in [-0.1, -0.05) is 32.9 Å². The van der Waals surface area contributed by atoms with Gasteiger partial charge in [-0.15, -0.1) is 23.5 Å². The maximum atomic E-state index is 2.46. The summed E-state index contributed by atoms with van der Waals surface area (Å²) in [7, 11) is 0.530. The predicted molar refractivity (Wildman–Crippen MR) is 104 cm³/mol. The summed E-state index contributed by atoms with van der Waals surface area (Å²) in [5.74, 6) is 2.77. The molecule has 1 spiro atoms. The van der Waals surface area contributed by atoms with Crippen LogP contribution in [0.3, 0.4) is 0 Å². The lowest BCUT2D eigenvalue weighted by Crippen LogP contribution is -2.40. The van der Waals surface area contributed by atoms with E-state index in [4.69, 9.17) is 0 Å². The van der Waals surface area contributed by atoms with E-state index in [9.17, 15) is 0 Å². The molecular weight excluding hydrogens is 324 g/mol. The van der Waals surface area contributed by atoms with E-state index in [2.05, 4.69) is 68.6 Å². The Hall–Kier alpha value is 0.270. The molecule has 3 saturated heterocycles. The number of hydrogen-bond donors (Lipinski definition) is 0. The van der Waals surface area contributed by atoms with Gasteiger partial charge in [0.1, 0.15) is 10.5 Å². The molecule has 120 valence electrons. The van der Waals surface area contributed by atoms with Crippen molar-refractivity contribution >= 4 is 34.4 Å². The normalized spacial score (nSPS) is 33.5. The quantitative estimate of drug-likeness (QED) is 0.616. The molecule has 22 heavy (non-hydrogen) atoms. The van der Waals surface area contributed by atoms with E-state index in [1.54, 1.807) is 4.90 Å². The van der Waals surface area contributed by atoms with E-state index < -0.39 is 0 Å². The average molecular weight is 352 g/mol. The van der Waals surface area contributed by atoms with Crippen LogP contribution in [0, 0.1) is 0 Å². The van der Waals surface area contributed by atoms with Crippen LogP contribution in [0.5, 0.6) is 0 Å². The topological polar surface area (TPSA) is 0 Å². The largest absolute Gasteiger partial charge is 0.155 e. The number of thioether (sulfide) groups is 2. The SMILES string of the molecule is CC(C)(C)c1ccc([S+]2C3CCC2CC2(C3)SCCS2)cc1. The molecule has 3 aliphatic heterocycles. The van der Waals surface area contributed by atoms with Gasteiger partial charge in [0.25, 0.3) is 0 Å². The zero-order chi connectivity index (χ0) is 15.4. The van der Waals surface area contributed by atoms with E-state index in [0.717, 1.165) is 10.5 Å². The Kier molecular flexibility index (Phi) is 4.06.